The molecule has 0 radical (unpaired) electrons. The maximum Gasteiger partial charge on any atom is 0.119 e. The summed E-state index contributed by atoms with van der Waals surface area (Å²) in [6, 6.07) is 8.37. The maximum absolute atomic E-state index is 5.46. The summed E-state index contributed by atoms with van der Waals surface area (Å²) in [4.78, 5) is 0. The highest BCUT2D eigenvalue weighted by molar-refractivity contribution is 5.28. The Kier molecular flexibility index (Phi) is 5.86. The predicted octanol–water partition coefficient (Wildman–Crippen LogP) is 2.63. The zero-order valence-electron chi connectivity index (χ0n) is 9.75. The first kappa shape index (κ1) is 12.1. The van der Waals surface area contributed by atoms with E-state index < -0.39 is 0 Å². The second kappa shape index (κ2) is 7.30. The molecule has 1 rings (SSSR count). The van der Waals surface area contributed by atoms with Crippen molar-refractivity contribution >= 4 is 0 Å². The molecule has 0 atom stereocenters. The van der Waals surface area contributed by atoms with Crippen molar-refractivity contribution in [2.24, 2.45) is 0 Å². The van der Waals surface area contributed by atoms with Crippen LogP contribution in [0.5, 0.6) is 5.75 Å². The van der Waals surface area contributed by atoms with E-state index in [0.29, 0.717) is 0 Å². The van der Waals surface area contributed by atoms with E-state index in [0.717, 1.165) is 31.9 Å². The largest absolute Gasteiger partial charge is 0.494 e. The number of rotatable bonds is 7. The molecule has 0 aliphatic rings. The predicted molar refractivity (Wildman–Crippen MR) is 64.5 cm³/mol. The quantitative estimate of drug-likeness (QED) is 0.694. The van der Waals surface area contributed by atoms with Crippen LogP contribution in [0.4, 0.5) is 0 Å². The zero-order chi connectivity index (χ0) is 10.9. The van der Waals surface area contributed by atoms with E-state index in [1.807, 2.05) is 13.0 Å². The monoisotopic (exact) mass is 207 g/mol. The number of aryl methyl sites for hydroxylation is 1. The molecule has 84 valence electrons. The van der Waals surface area contributed by atoms with Crippen molar-refractivity contribution in [3.05, 3.63) is 29.8 Å². The lowest BCUT2D eigenvalue weighted by Crippen LogP contribution is -2.14. The fourth-order valence-corrected chi connectivity index (χ4v) is 1.55. The molecular weight excluding hydrogens is 186 g/mol. The van der Waals surface area contributed by atoms with Crippen molar-refractivity contribution in [2.75, 3.05) is 19.7 Å². The van der Waals surface area contributed by atoms with Crippen LogP contribution in [0.2, 0.25) is 0 Å². The molecule has 0 spiro atoms. The minimum Gasteiger partial charge on any atom is -0.494 e. The number of benzene rings is 1. The third-order valence-electron chi connectivity index (χ3n) is 2.28. The van der Waals surface area contributed by atoms with Gasteiger partial charge in [-0.1, -0.05) is 19.1 Å². The van der Waals surface area contributed by atoms with Crippen LogP contribution in [0.3, 0.4) is 0 Å². The van der Waals surface area contributed by atoms with Crippen molar-refractivity contribution in [3.63, 3.8) is 0 Å². The Morgan fingerprint density at radius 1 is 1.27 bits per heavy atom. The van der Waals surface area contributed by atoms with Crippen LogP contribution in [-0.2, 0) is 6.42 Å². The molecule has 0 unspecified atom stereocenters. The van der Waals surface area contributed by atoms with Crippen molar-refractivity contribution in [1.82, 2.24) is 5.32 Å². The Morgan fingerprint density at radius 2 is 2.13 bits per heavy atom. The highest BCUT2D eigenvalue weighted by atomic mass is 16.5. The van der Waals surface area contributed by atoms with Gasteiger partial charge in [0.25, 0.3) is 0 Å². The first-order valence-corrected chi connectivity index (χ1v) is 5.79. The molecule has 0 heterocycles. The topological polar surface area (TPSA) is 21.3 Å². The van der Waals surface area contributed by atoms with Crippen LogP contribution in [0, 0.1) is 0 Å². The van der Waals surface area contributed by atoms with E-state index in [4.69, 9.17) is 4.74 Å². The third-order valence-corrected chi connectivity index (χ3v) is 2.28. The second-order valence-corrected chi connectivity index (χ2v) is 3.54. The zero-order valence-corrected chi connectivity index (χ0v) is 9.75. The summed E-state index contributed by atoms with van der Waals surface area (Å²) in [5, 5.41) is 3.33. The van der Waals surface area contributed by atoms with Crippen molar-refractivity contribution in [3.8, 4) is 5.75 Å². The SMILES string of the molecule is CCNCCCc1cccc(OCC)c1. The molecule has 1 N–H and O–H groups in total. The van der Waals surface area contributed by atoms with Crippen LogP contribution in [-0.4, -0.2) is 19.7 Å². The van der Waals surface area contributed by atoms with Crippen LogP contribution in [0.1, 0.15) is 25.8 Å². The molecule has 0 saturated heterocycles. The van der Waals surface area contributed by atoms with Gasteiger partial charge in [-0.3, -0.25) is 0 Å². The van der Waals surface area contributed by atoms with Gasteiger partial charge in [0.15, 0.2) is 0 Å². The van der Waals surface area contributed by atoms with E-state index in [1.54, 1.807) is 0 Å². The molecule has 0 fully saturated rings. The van der Waals surface area contributed by atoms with E-state index in [1.165, 1.54) is 12.0 Å². The van der Waals surface area contributed by atoms with E-state index >= 15 is 0 Å². The van der Waals surface area contributed by atoms with Gasteiger partial charge < -0.3 is 10.1 Å². The Bertz CT molecular complexity index is 273. The molecule has 0 aromatic heterocycles. The van der Waals surface area contributed by atoms with Crippen LogP contribution in [0.25, 0.3) is 0 Å². The highest BCUT2D eigenvalue weighted by Gasteiger charge is 1.96. The lowest BCUT2D eigenvalue weighted by atomic mass is 10.1. The van der Waals surface area contributed by atoms with Gasteiger partial charge in [0.05, 0.1) is 6.61 Å². The molecule has 1 aromatic carbocycles. The van der Waals surface area contributed by atoms with Gasteiger partial charge in [-0.15, -0.1) is 0 Å². The fraction of sp³-hybridized carbons (Fsp3) is 0.538. The van der Waals surface area contributed by atoms with Crippen molar-refractivity contribution in [1.29, 1.82) is 0 Å². The normalized spacial score (nSPS) is 10.3. The number of nitrogens with one attached hydrogen (secondary N) is 1. The Balaban J connectivity index is 2.36. The van der Waals surface area contributed by atoms with Gasteiger partial charge in [0.1, 0.15) is 5.75 Å². The van der Waals surface area contributed by atoms with Crippen molar-refractivity contribution < 1.29 is 4.74 Å². The summed E-state index contributed by atoms with van der Waals surface area (Å²) in [7, 11) is 0. The molecule has 0 aliphatic carbocycles. The van der Waals surface area contributed by atoms with Gasteiger partial charge in [-0.05, 0) is 50.6 Å². The summed E-state index contributed by atoms with van der Waals surface area (Å²) >= 11 is 0. The number of hydrogen-bond donors (Lipinski definition) is 1. The molecule has 2 nitrogen and oxygen atoms in total. The van der Waals surface area contributed by atoms with Gasteiger partial charge in [-0.25, -0.2) is 0 Å². The summed E-state index contributed by atoms with van der Waals surface area (Å²) in [5.74, 6) is 0.985. The summed E-state index contributed by atoms with van der Waals surface area (Å²) in [6.45, 7) is 7.03. The van der Waals surface area contributed by atoms with Gasteiger partial charge in [-0.2, -0.15) is 0 Å². The van der Waals surface area contributed by atoms with Gasteiger partial charge >= 0.3 is 0 Å². The standard InChI is InChI=1S/C13H21NO/c1-3-14-10-6-8-12-7-5-9-13(11-12)15-4-2/h5,7,9,11,14H,3-4,6,8,10H2,1-2H3. The maximum atomic E-state index is 5.46. The minimum absolute atomic E-state index is 0.737. The van der Waals surface area contributed by atoms with E-state index in [9.17, 15) is 0 Å². The Hall–Kier alpha value is -1.02. The summed E-state index contributed by atoms with van der Waals surface area (Å²) in [5.41, 5.74) is 1.36. The first-order chi connectivity index (χ1) is 7.36. The minimum atomic E-state index is 0.737. The van der Waals surface area contributed by atoms with E-state index in [2.05, 4.69) is 30.4 Å². The summed E-state index contributed by atoms with van der Waals surface area (Å²) < 4.78 is 5.46. The van der Waals surface area contributed by atoms with Crippen molar-refractivity contribution in [2.45, 2.75) is 26.7 Å². The summed E-state index contributed by atoms with van der Waals surface area (Å²) in [6.07, 6.45) is 2.30. The number of ether oxygens (including phenoxy) is 1. The fourth-order valence-electron chi connectivity index (χ4n) is 1.55. The second-order valence-electron chi connectivity index (χ2n) is 3.54. The molecular formula is C13H21NO. The molecule has 0 bridgehead atoms. The van der Waals surface area contributed by atoms with E-state index in [-0.39, 0.29) is 0 Å². The van der Waals surface area contributed by atoms with Crippen LogP contribution in [0.15, 0.2) is 24.3 Å². The van der Waals surface area contributed by atoms with Gasteiger partial charge in [0.2, 0.25) is 0 Å². The van der Waals surface area contributed by atoms with Crippen LogP contribution >= 0.6 is 0 Å². The smallest absolute Gasteiger partial charge is 0.119 e. The lowest BCUT2D eigenvalue weighted by Gasteiger charge is -2.06. The average Bonchev–Trinajstić information content (AvgIpc) is 2.26. The highest BCUT2D eigenvalue weighted by Crippen LogP contribution is 2.14. The molecule has 1 aromatic rings. The average molecular weight is 207 g/mol. The molecule has 0 aliphatic heterocycles. The first-order valence-electron chi connectivity index (χ1n) is 5.79. The Labute approximate surface area is 92.6 Å². The third kappa shape index (κ3) is 4.84. The molecule has 0 saturated carbocycles. The molecule has 15 heavy (non-hydrogen) atoms. The van der Waals surface area contributed by atoms with Crippen LogP contribution < -0.4 is 10.1 Å². The number of hydrogen-bond acceptors (Lipinski definition) is 2. The molecule has 2 heteroatoms. The lowest BCUT2D eigenvalue weighted by molar-refractivity contribution is 0.340. The van der Waals surface area contributed by atoms with Gasteiger partial charge in [0, 0.05) is 0 Å². The molecule has 0 amide bonds. The Morgan fingerprint density at radius 3 is 2.87 bits per heavy atom.